The van der Waals surface area contributed by atoms with Gasteiger partial charge in [0.1, 0.15) is 0 Å². The number of para-hydroxylation sites is 1. The van der Waals surface area contributed by atoms with Crippen molar-refractivity contribution in [3.8, 4) is 5.69 Å². The third kappa shape index (κ3) is 3.78. The Kier molecular flexibility index (Phi) is 4.98. The molecule has 0 saturated carbocycles. The molecule has 0 aliphatic heterocycles. The highest BCUT2D eigenvalue weighted by atomic mass is 79.9. The third-order valence-corrected chi connectivity index (χ3v) is 6.11. The van der Waals surface area contributed by atoms with E-state index in [2.05, 4.69) is 36.2 Å². The van der Waals surface area contributed by atoms with Crippen molar-refractivity contribution < 1.29 is 8.42 Å². The van der Waals surface area contributed by atoms with Gasteiger partial charge in [-0.15, -0.1) is 5.10 Å². The molecule has 1 N–H and O–H groups in total. The smallest absolute Gasteiger partial charge is 0.207 e. The standard InChI is InChI=1S/C16H16BrN5O2S/c1-11-8-9-15(14(17)10-11)25(23,24)19-12(2)16-18-20-21-22(16)13-6-4-3-5-7-13/h3-10,12,19H,1-2H3. The average Bonchev–Trinajstić information content (AvgIpc) is 3.04. The van der Waals surface area contributed by atoms with E-state index in [1.807, 2.05) is 37.3 Å². The molecule has 0 amide bonds. The second-order valence-corrected chi connectivity index (χ2v) is 8.10. The van der Waals surface area contributed by atoms with Crippen molar-refractivity contribution in [2.45, 2.75) is 24.8 Å². The first kappa shape index (κ1) is 17.7. The normalized spacial score (nSPS) is 12.9. The zero-order valence-electron chi connectivity index (χ0n) is 13.6. The quantitative estimate of drug-likeness (QED) is 0.683. The van der Waals surface area contributed by atoms with Crippen LogP contribution in [0.4, 0.5) is 0 Å². The summed E-state index contributed by atoms with van der Waals surface area (Å²) in [4.78, 5) is 0.170. The van der Waals surface area contributed by atoms with Crippen LogP contribution in [-0.4, -0.2) is 28.6 Å². The van der Waals surface area contributed by atoms with E-state index < -0.39 is 16.1 Å². The van der Waals surface area contributed by atoms with Gasteiger partial charge in [0.05, 0.1) is 16.6 Å². The van der Waals surface area contributed by atoms with E-state index in [0.29, 0.717) is 10.3 Å². The zero-order valence-corrected chi connectivity index (χ0v) is 16.0. The minimum absolute atomic E-state index is 0.170. The molecule has 1 atom stereocenters. The Morgan fingerprint density at radius 2 is 1.88 bits per heavy atom. The lowest BCUT2D eigenvalue weighted by molar-refractivity contribution is 0.554. The SMILES string of the molecule is Cc1ccc(S(=O)(=O)NC(C)c2nnnn2-c2ccccc2)c(Br)c1. The summed E-state index contributed by atoms with van der Waals surface area (Å²) in [7, 11) is -3.74. The van der Waals surface area contributed by atoms with Gasteiger partial charge in [-0.05, 0) is 70.0 Å². The molecule has 9 heteroatoms. The highest BCUT2D eigenvalue weighted by Crippen LogP contribution is 2.25. The Morgan fingerprint density at radius 3 is 2.56 bits per heavy atom. The number of hydrogen-bond acceptors (Lipinski definition) is 5. The van der Waals surface area contributed by atoms with Gasteiger partial charge in [-0.1, -0.05) is 24.3 Å². The first-order valence-electron chi connectivity index (χ1n) is 7.50. The van der Waals surface area contributed by atoms with Gasteiger partial charge in [0.15, 0.2) is 5.82 Å². The lowest BCUT2D eigenvalue weighted by Crippen LogP contribution is -2.29. The molecule has 130 valence electrons. The average molecular weight is 422 g/mol. The number of rotatable bonds is 5. The maximum Gasteiger partial charge on any atom is 0.242 e. The maximum absolute atomic E-state index is 12.7. The van der Waals surface area contributed by atoms with Crippen LogP contribution in [0.1, 0.15) is 24.4 Å². The van der Waals surface area contributed by atoms with Gasteiger partial charge in [-0.2, -0.15) is 4.68 Å². The molecule has 3 aromatic rings. The van der Waals surface area contributed by atoms with Crippen molar-refractivity contribution in [1.29, 1.82) is 0 Å². The summed E-state index contributed by atoms with van der Waals surface area (Å²) < 4.78 is 30.0. The molecule has 1 aromatic heterocycles. The number of tetrazole rings is 1. The van der Waals surface area contributed by atoms with Crippen LogP contribution in [0.25, 0.3) is 5.69 Å². The molecular weight excluding hydrogens is 406 g/mol. The van der Waals surface area contributed by atoms with E-state index in [0.717, 1.165) is 11.3 Å². The fourth-order valence-corrected chi connectivity index (χ4v) is 4.78. The lowest BCUT2D eigenvalue weighted by Gasteiger charge is -2.15. The second kappa shape index (κ2) is 7.03. The Morgan fingerprint density at radius 1 is 1.16 bits per heavy atom. The number of aromatic nitrogens is 4. The van der Waals surface area contributed by atoms with Crippen LogP contribution >= 0.6 is 15.9 Å². The van der Waals surface area contributed by atoms with Crippen molar-refractivity contribution in [3.63, 3.8) is 0 Å². The molecule has 1 unspecified atom stereocenters. The number of nitrogens with zero attached hydrogens (tertiary/aromatic N) is 4. The minimum atomic E-state index is -3.74. The summed E-state index contributed by atoms with van der Waals surface area (Å²) in [5, 5.41) is 11.6. The summed E-state index contributed by atoms with van der Waals surface area (Å²) in [6.45, 7) is 3.59. The Bertz CT molecular complexity index is 989. The fraction of sp³-hybridized carbons (Fsp3) is 0.188. The Balaban J connectivity index is 1.90. The molecule has 0 saturated heterocycles. The molecule has 0 aliphatic carbocycles. The lowest BCUT2D eigenvalue weighted by atomic mass is 10.2. The molecule has 0 aliphatic rings. The predicted octanol–water partition coefficient (Wildman–Crippen LogP) is 2.77. The molecule has 0 bridgehead atoms. The highest BCUT2D eigenvalue weighted by molar-refractivity contribution is 9.10. The summed E-state index contributed by atoms with van der Waals surface area (Å²) in [6.07, 6.45) is 0. The molecular formula is C16H16BrN5O2S. The van der Waals surface area contributed by atoms with Crippen LogP contribution < -0.4 is 4.72 Å². The van der Waals surface area contributed by atoms with E-state index in [1.54, 1.807) is 25.1 Å². The van der Waals surface area contributed by atoms with Crippen molar-refractivity contribution in [2.75, 3.05) is 0 Å². The fourth-order valence-electron chi connectivity index (χ4n) is 2.39. The topological polar surface area (TPSA) is 89.8 Å². The monoisotopic (exact) mass is 421 g/mol. The molecule has 3 rings (SSSR count). The van der Waals surface area contributed by atoms with Gasteiger partial charge in [0.2, 0.25) is 10.0 Å². The Labute approximate surface area is 154 Å². The summed E-state index contributed by atoms with van der Waals surface area (Å²) in [5.41, 5.74) is 1.72. The largest absolute Gasteiger partial charge is 0.242 e. The molecule has 2 aromatic carbocycles. The second-order valence-electron chi connectivity index (χ2n) is 5.56. The van der Waals surface area contributed by atoms with Gasteiger partial charge in [0.25, 0.3) is 0 Å². The minimum Gasteiger partial charge on any atom is -0.207 e. The van der Waals surface area contributed by atoms with E-state index in [9.17, 15) is 8.42 Å². The van der Waals surface area contributed by atoms with Crippen LogP contribution in [0.2, 0.25) is 0 Å². The Hall–Kier alpha value is -2.10. The molecule has 7 nitrogen and oxygen atoms in total. The number of hydrogen-bond donors (Lipinski definition) is 1. The first-order chi connectivity index (χ1) is 11.9. The molecule has 0 fully saturated rings. The molecule has 0 radical (unpaired) electrons. The van der Waals surface area contributed by atoms with Gasteiger partial charge >= 0.3 is 0 Å². The van der Waals surface area contributed by atoms with Crippen molar-refractivity contribution in [1.82, 2.24) is 24.9 Å². The van der Waals surface area contributed by atoms with Crippen LogP contribution in [0.15, 0.2) is 57.9 Å². The predicted molar refractivity (Wildman–Crippen MR) is 96.8 cm³/mol. The van der Waals surface area contributed by atoms with Gasteiger partial charge in [-0.3, -0.25) is 0 Å². The molecule has 25 heavy (non-hydrogen) atoms. The summed E-state index contributed by atoms with van der Waals surface area (Å²) in [5.74, 6) is 0.401. The van der Waals surface area contributed by atoms with Crippen molar-refractivity contribution in [3.05, 3.63) is 64.4 Å². The molecule has 1 heterocycles. The number of aryl methyl sites for hydroxylation is 1. The van der Waals surface area contributed by atoms with Gasteiger partial charge < -0.3 is 0 Å². The molecule has 0 spiro atoms. The van der Waals surface area contributed by atoms with E-state index in [4.69, 9.17) is 0 Å². The number of nitrogens with one attached hydrogen (secondary N) is 1. The third-order valence-electron chi connectivity index (χ3n) is 3.59. The van der Waals surface area contributed by atoms with E-state index in [1.165, 1.54) is 4.68 Å². The van der Waals surface area contributed by atoms with E-state index >= 15 is 0 Å². The van der Waals surface area contributed by atoms with Crippen LogP contribution in [-0.2, 0) is 10.0 Å². The highest BCUT2D eigenvalue weighted by Gasteiger charge is 2.24. The van der Waals surface area contributed by atoms with Gasteiger partial charge in [-0.25, -0.2) is 13.1 Å². The van der Waals surface area contributed by atoms with Gasteiger partial charge in [0, 0.05) is 4.47 Å². The van der Waals surface area contributed by atoms with Crippen LogP contribution in [0.3, 0.4) is 0 Å². The van der Waals surface area contributed by atoms with Crippen LogP contribution in [0, 0.1) is 6.92 Å². The van der Waals surface area contributed by atoms with Crippen molar-refractivity contribution in [2.24, 2.45) is 0 Å². The maximum atomic E-state index is 12.7. The van der Waals surface area contributed by atoms with Crippen LogP contribution in [0.5, 0.6) is 0 Å². The number of halogens is 1. The number of sulfonamides is 1. The number of benzene rings is 2. The first-order valence-corrected chi connectivity index (χ1v) is 9.78. The zero-order chi connectivity index (χ0) is 18.0. The van der Waals surface area contributed by atoms with E-state index in [-0.39, 0.29) is 4.90 Å². The van der Waals surface area contributed by atoms with Crippen molar-refractivity contribution >= 4 is 26.0 Å². The summed E-state index contributed by atoms with van der Waals surface area (Å²) >= 11 is 3.31. The summed E-state index contributed by atoms with van der Waals surface area (Å²) in [6, 6.07) is 13.7.